The van der Waals surface area contributed by atoms with Gasteiger partial charge in [-0.25, -0.2) is 0 Å². The Bertz CT molecular complexity index is 573. The molecule has 0 N–H and O–H groups in total. The zero-order chi connectivity index (χ0) is 15.4. The topological polar surface area (TPSA) is 62.7 Å². The van der Waals surface area contributed by atoms with Crippen LogP contribution in [0.3, 0.4) is 0 Å². The molecular weight excluding hydrogens is 302 g/mol. The van der Waals surface area contributed by atoms with E-state index in [1.807, 2.05) is 18.2 Å². The van der Waals surface area contributed by atoms with E-state index < -0.39 is 10.2 Å². The SMILES string of the molecule is O=S(=O)(N1CCCC1)N1CCCC(OCc2ccccn2)C1. The monoisotopic (exact) mass is 325 g/mol. The van der Waals surface area contributed by atoms with Crippen LogP contribution in [0.1, 0.15) is 31.4 Å². The molecule has 0 amide bonds. The van der Waals surface area contributed by atoms with Gasteiger partial charge in [-0.15, -0.1) is 0 Å². The third-order valence-corrected chi connectivity index (χ3v) is 6.25. The third-order valence-electron chi connectivity index (χ3n) is 4.25. The molecular formula is C15H23N3O3S. The molecule has 3 rings (SSSR count). The van der Waals surface area contributed by atoms with Crippen molar-refractivity contribution < 1.29 is 13.2 Å². The van der Waals surface area contributed by atoms with Crippen LogP contribution in [0, 0.1) is 0 Å². The van der Waals surface area contributed by atoms with Crippen molar-refractivity contribution in [3.8, 4) is 0 Å². The first kappa shape index (κ1) is 15.9. The van der Waals surface area contributed by atoms with Crippen LogP contribution >= 0.6 is 0 Å². The molecule has 2 aliphatic rings. The lowest BCUT2D eigenvalue weighted by Gasteiger charge is -2.34. The van der Waals surface area contributed by atoms with Crippen molar-refractivity contribution in [2.45, 2.75) is 38.4 Å². The van der Waals surface area contributed by atoms with Crippen LogP contribution in [0.15, 0.2) is 24.4 Å². The molecule has 1 unspecified atom stereocenters. The fourth-order valence-electron chi connectivity index (χ4n) is 3.02. The summed E-state index contributed by atoms with van der Waals surface area (Å²) in [6.07, 6.45) is 5.37. The standard InChI is InChI=1S/C15H23N3O3S/c19-22(20,17-9-3-4-10-17)18-11-5-7-15(12-18)21-13-14-6-1-2-8-16-14/h1-2,6,8,15H,3-5,7,9-13H2. The first-order valence-corrected chi connectivity index (χ1v) is 9.33. The second-order valence-corrected chi connectivity index (χ2v) is 7.80. The van der Waals surface area contributed by atoms with Crippen LogP contribution < -0.4 is 0 Å². The summed E-state index contributed by atoms with van der Waals surface area (Å²) in [5.74, 6) is 0. The van der Waals surface area contributed by atoms with Crippen LogP contribution in [0.2, 0.25) is 0 Å². The van der Waals surface area contributed by atoms with Gasteiger partial charge in [-0.3, -0.25) is 4.98 Å². The van der Waals surface area contributed by atoms with E-state index in [-0.39, 0.29) is 6.10 Å². The molecule has 122 valence electrons. The highest BCUT2D eigenvalue weighted by Crippen LogP contribution is 2.22. The maximum Gasteiger partial charge on any atom is 0.282 e. The maximum absolute atomic E-state index is 12.6. The Morgan fingerprint density at radius 3 is 2.64 bits per heavy atom. The Labute approximate surface area is 132 Å². The highest BCUT2D eigenvalue weighted by Gasteiger charge is 2.35. The molecule has 1 aromatic heterocycles. The van der Waals surface area contributed by atoms with Gasteiger partial charge in [0.2, 0.25) is 0 Å². The fraction of sp³-hybridized carbons (Fsp3) is 0.667. The number of rotatable bonds is 5. The predicted octanol–water partition coefficient (Wildman–Crippen LogP) is 1.40. The molecule has 0 spiro atoms. The van der Waals surface area contributed by atoms with Crippen LogP contribution in [-0.2, 0) is 21.6 Å². The van der Waals surface area contributed by atoms with Crippen LogP contribution in [0.5, 0.6) is 0 Å². The van der Waals surface area contributed by atoms with Gasteiger partial charge in [0.05, 0.1) is 18.4 Å². The second-order valence-electron chi connectivity index (χ2n) is 5.87. The average molecular weight is 325 g/mol. The molecule has 2 saturated heterocycles. The molecule has 0 bridgehead atoms. The van der Waals surface area contributed by atoms with Crippen molar-refractivity contribution >= 4 is 10.2 Å². The second kappa shape index (κ2) is 7.04. The first-order chi connectivity index (χ1) is 10.7. The Morgan fingerprint density at radius 1 is 1.14 bits per heavy atom. The highest BCUT2D eigenvalue weighted by molar-refractivity contribution is 7.86. The average Bonchev–Trinajstić information content (AvgIpc) is 3.09. The molecule has 0 aliphatic carbocycles. The molecule has 0 aromatic carbocycles. The van der Waals surface area contributed by atoms with Gasteiger partial charge in [0.1, 0.15) is 0 Å². The number of hydrogen-bond acceptors (Lipinski definition) is 4. The predicted molar refractivity (Wildman–Crippen MR) is 83.3 cm³/mol. The first-order valence-electron chi connectivity index (χ1n) is 7.93. The minimum Gasteiger partial charge on any atom is -0.371 e. The van der Waals surface area contributed by atoms with Gasteiger partial charge in [0, 0.05) is 32.4 Å². The van der Waals surface area contributed by atoms with E-state index in [0.29, 0.717) is 32.8 Å². The van der Waals surface area contributed by atoms with Gasteiger partial charge in [-0.1, -0.05) is 6.07 Å². The lowest BCUT2D eigenvalue weighted by molar-refractivity contribution is 0.00569. The molecule has 2 fully saturated rings. The van der Waals surface area contributed by atoms with Crippen molar-refractivity contribution in [2.75, 3.05) is 26.2 Å². The maximum atomic E-state index is 12.6. The van der Waals surface area contributed by atoms with Crippen LogP contribution in [0.4, 0.5) is 0 Å². The molecule has 0 saturated carbocycles. The molecule has 1 atom stereocenters. The number of ether oxygens (including phenoxy) is 1. The normalized spacial score (nSPS) is 24.6. The number of nitrogens with zero attached hydrogens (tertiary/aromatic N) is 3. The van der Waals surface area contributed by atoms with Crippen molar-refractivity contribution in [3.05, 3.63) is 30.1 Å². The van der Waals surface area contributed by atoms with Gasteiger partial charge >= 0.3 is 0 Å². The summed E-state index contributed by atoms with van der Waals surface area (Å²) in [7, 11) is -3.31. The van der Waals surface area contributed by atoms with E-state index in [4.69, 9.17) is 4.74 Å². The van der Waals surface area contributed by atoms with E-state index in [0.717, 1.165) is 31.4 Å². The molecule has 7 heteroatoms. The largest absolute Gasteiger partial charge is 0.371 e. The van der Waals surface area contributed by atoms with E-state index in [2.05, 4.69) is 4.98 Å². The molecule has 22 heavy (non-hydrogen) atoms. The van der Waals surface area contributed by atoms with Crippen molar-refractivity contribution in [2.24, 2.45) is 0 Å². The number of aromatic nitrogens is 1. The molecule has 3 heterocycles. The van der Waals surface area contributed by atoms with Gasteiger partial charge in [0.25, 0.3) is 10.2 Å². The Balaban J connectivity index is 1.57. The van der Waals surface area contributed by atoms with Crippen LogP contribution in [0.25, 0.3) is 0 Å². The van der Waals surface area contributed by atoms with Gasteiger partial charge < -0.3 is 4.74 Å². The lowest BCUT2D eigenvalue weighted by Crippen LogP contribution is -2.48. The third kappa shape index (κ3) is 3.65. The smallest absolute Gasteiger partial charge is 0.282 e. The highest BCUT2D eigenvalue weighted by atomic mass is 32.2. The van der Waals surface area contributed by atoms with Crippen molar-refractivity contribution in [1.82, 2.24) is 13.6 Å². The quantitative estimate of drug-likeness (QED) is 0.821. The van der Waals surface area contributed by atoms with Gasteiger partial charge in [-0.2, -0.15) is 17.0 Å². The van der Waals surface area contributed by atoms with Crippen molar-refractivity contribution in [1.29, 1.82) is 0 Å². The zero-order valence-electron chi connectivity index (χ0n) is 12.7. The number of hydrogen-bond donors (Lipinski definition) is 0. The minimum absolute atomic E-state index is 0.0480. The summed E-state index contributed by atoms with van der Waals surface area (Å²) in [5, 5.41) is 0. The summed E-state index contributed by atoms with van der Waals surface area (Å²) >= 11 is 0. The summed E-state index contributed by atoms with van der Waals surface area (Å²) in [6, 6.07) is 5.72. The van der Waals surface area contributed by atoms with Crippen molar-refractivity contribution in [3.63, 3.8) is 0 Å². The van der Waals surface area contributed by atoms with Gasteiger partial charge in [0.15, 0.2) is 0 Å². The fourth-order valence-corrected chi connectivity index (χ4v) is 4.78. The van der Waals surface area contributed by atoms with Gasteiger partial charge in [-0.05, 0) is 37.8 Å². The molecule has 6 nitrogen and oxygen atoms in total. The number of piperidine rings is 1. The van der Waals surface area contributed by atoms with Crippen LogP contribution in [-0.4, -0.2) is 54.3 Å². The Hall–Kier alpha value is -1.02. The Kier molecular flexibility index (Phi) is 5.07. The summed E-state index contributed by atoms with van der Waals surface area (Å²) in [5.41, 5.74) is 0.877. The Morgan fingerprint density at radius 2 is 1.91 bits per heavy atom. The summed E-state index contributed by atoms with van der Waals surface area (Å²) < 4.78 is 34.2. The van der Waals surface area contributed by atoms with E-state index in [9.17, 15) is 8.42 Å². The minimum atomic E-state index is -3.31. The van der Waals surface area contributed by atoms with E-state index >= 15 is 0 Å². The summed E-state index contributed by atoms with van der Waals surface area (Å²) in [6.45, 7) is 2.79. The van der Waals surface area contributed by atoms with E-state index in [1.54, 1.807) is 14.8 Å². The summed E-state index contributed by atoms with van der Waals surface area (Å²) in [4.78, 5) is 4.23. The lowest BCUT2D eigenvalue weighted by atomic mass is 10.1. The molecule has 0 radical (unpaired) electrons. The molecule has 2 aliphatic heterocycles. The number of pyridine rings is 1. The van der Waals surface area contributed by atoms with E-state index in [1.165, 1.54) is 0 Å². The molecule has 1 aromatic rings. The zero-order valence-corrected chi connectivity index (χ0v) is 13.5.